The zero-order valence-corrected chi connectivity index (χ0v) is 20.3. The van der Waals surface area contributed by atoms with Gasteiger partial charge in [0.25, 0.3) is 10.0 Å². The van der Waals surface area contributed by atoms with E-state index in [0.717, 1.165) is 21.6 Å². The van der Waals surface area contributed by atoms with E-state index >= 15 is 0 Å². The smallest absolute Gasteiger partial charge is 0.279 e. The summed E-state index contributed by atoms with van der Waals surface area (Å²) in [4.78, 5) is -0.195. The molecule has 10 heteroatoms. The lowest BCUT2D eigenvalue weighted by Crippen LogP contribution is -2.27. The van der Waals surface area contributed by atoms with Crippen LogP contribution in [0.2, 0.25) is 0 Å². The summed E-state index contributed by atoms with van der Waals surface area (Å²) in [6, 6.07) is 18.3. The molecule has 1 aliphatic rings. The van der Waals surface area contributed by atoms with E-state index in [4.69, 9.17) is 0 Å². The molecule has 0 spiro atoms. The van der Waals surface area contributed by atoms with Gasteiger partial charge in [0.05, 0.1) is 22.4 Å². The van der Waals surface area contributed by atoms with Gasteiger partial charge in [-0.15, -0.1) is 0 Å². The number of aryl methyl sites for hydroxylation is 1. The van der Waals surface area contributed by atoms with E-state index in [-0.39, 0.29) is 17.1 Å². The predicted octanol–water partition coefficient (Wildman–Crippen LogP) is 4.44. The van der Waals surface area contributed by atoms with Gasteiger partial charge < -0.3 is 0 Å². The third-order valence-corrected chi connectivity index (χ3v) is 8.51. The summed E-state index contributed by atoms with van der Waals surface area (Å²) in [6.07, 6.45) is 0.265. The number of anilines is 1. The van der Waals surface area contributed by atoms with Gasteiger partial charge in [0.1, 0.15) is 5.82 Å². The second-order valence-corrected chi connectivity index (χ2v) is 11.8. The van der Waals surface area contributed by atoms with Gasteiger partial charge in [-0.2, -0.15) is 17.9 Å². The standard InChI is InChI=1S/C24H24FN3O4S2/c1-3-33(29,30)27-21-8-4-6-19(14-21)23-16-24(18-12-10-17(2)11-13-18)28(26-23)34(31,32)22-9-5-7-20(25)15-22/h4-15,24,27H,3,16H2,1-2H3/t24-/m1/s1. The average molecular weight is 502 g/mol. The van der Waals surface area contributed by atoms with Crippen LogP contribution in [-0.2, 0) is 20.0 Å². The quantitative estimate of drug-likeness (QED) is 0.518. The number of nitrogens with zero attached hydrogens (tertiary/aromatic N) is 2. The van der Waals surface area contributed by atoms with Crippen LogP contribution in [0, 0.1) is 12.7 Å². The molecule has 0 fully saturated rings. The Morgan fingerprint density at radius 2 is 1.71 bits per heavy atom. The van der Waals surface area contributed by atoms with Crippen molar-refractivity contribution < 1.29 is 21.2 Å². The third-order valence-electron chi connectivity index (χ3n) is 5.52. The molecular formula is C24H24FN3O4S2. The van der Waals surface area contributed by atoms with Gasteiger partial charge in [-0.25, -0.2) is 12.8 Å². The Morgan fingerprint density at radius 1 is 1.00 bits per heavy atom. The van der Waals surface area contributed by atoms with Crippen molar-refractivity contribution >= 4 is 31.4 Å². The maximum atomic E-state index is 13.8. The van der Waals surface area contributed by atoms with E-state index in [0.29, 0.717) is 17.0 Å². The topological polar surface area (TPSA) is 95.9 Å². The van der Waals surface area contributed by atoms with Crippen molar-refractivity contribution in [3.63, 3.8) is 0 Å². The largest absolute Gasteiger partial charge is 0.284 e. The van der Waals surface area contributed by atoms with Crippen LogP contribution >= 0.6 is 0 Å². The Morgan fingerprint density at radius 3 is 2.38 bits per heavy atom. The molecule has 0 radical (unpaired) electrons. The normalized spacial score (nSPS) is 16.4. The number of sulfonamides is 2. The van der Waals surface area contributed by atoms with E-state index in [1.165, 1.54) is 25.1 Å². The molecule has 0 amide bonds. The predicted molar refractivity (Wildman–Crippen MR) is 130 cm³/mol. The second kappa shape index (κ2) is 9.19. The zero-order valence-electron chi connectivity index (χ0n) is 18.6. The SMILES string of the molecule is CCS(=O)(=O)Nc1cccc(C2=NN(S(=O)(=O)c3cccc(F)c3)[C@@H](c3ccc(C)cc3)C2)c1. The fourth-order valence-corrected chi connectivity index (χ4v) is 5.77. The molecule has 1 aliphatic heterocycles. The number of benzene rings is 3. The van der Waals surface area contributed by atoms with Gasteiger partial charge in [0.15, 0.2) is 0 Å². The van der Waals surface area contributed by atoms with Crippen molar-refractivity contribution in [2.45, 2.75) is 31.2 Å². The molecule has 1 atom stereocenters. The number of hydrogen-bond donors (Lipinski definition) is 1. The highest BCUT2D eigenvalue weighted by Gasteiger charge is 2.38. The van der Waals surface area contributed by atoms with Crippen molar-refractivity contribution in [1.82, 2.24) is 4.41 Å². The summed E-state index contributed by atoms with van der Waals surface area (Å²) in [6.45, 7) is 3.47. The third kappa shape index (κ3) is 4.97. The van der Waals surface area contributed by atoms with E-state index in [2.05, 4.69) is 9.82 Å². The van der Waals surface area contributed by atoms with Crippen LogP contribution in [0.5, 0.6) is 0 Å². The summed E-state index contributed by atoms with van der Waals surface area (Å²) in [5, 5.41) is 4.44. The summed E-state index contributed by atoms with van der Waals surface area (Å²) in [5.41, 5.74) is 3.19. The molecule has 0 aromatic heterocycles. The number of halogens is 1. The van der Waals surface area contributed by atoms with Crippen LogP contribution < -0.4 is 4.72 Å². The molecule has 0 aliphatic carbocycles. The van der Waals surface area contributed by atoms with E-state index < -0.39 is 31.9 Å². The average Bonchev–Trinajstić information content (AvgIpc) is 3.26. The fourth-order valence-electron chi connectivity index (χ4n) is 3.67. The first-order valence-corrected chi connectivity index (χ1v) is 13.7. The molecule has 0 unspecified atom stereocenters. The van der Waals surface area contributed by atoms with E-state index in [1.54, 1.807) is 24.3 Å². The molecule has 1 heterocycles. The maximum absolute atomic E-state index is 13.8. The summed E-state index contributed by atoms with van der Waals surface area (Å²) in [7, 11) is -7.63. The lowest BCUT2D eigenvalue weighted by Gasteiger charge is -2.23. The Balaban J connectivity index is 1.77. The molecule has 3 aromatic carbocycles. The zero-order chi connectivity index (χ0) is 24.5. The molecule has 7 nitrogen and oxygen atoms in total. The molecular weight excluding hydrogens is 477 g/mol. The van der Waals surface area contributed by atoms with Gasteiger partial charge in [-0.3, -0.25) is 4.72 Å². The first kappa shape index (κ1) is 23.9. The Labute approximate surface area is 199 Å². The molecule has 1 N–H and O–H groups in total. The van der Waals surface area contributed by atoms with Crippen molar-refractivity contribution in [3.05, 3.63) is 95.3 Å². The summed E-state index contributed by atoms with van der Waals surface area (Å²) < 4.78 is 68.2. The van der Waals surface area contributed by atoms with Crippen LogP contribution in [0.3, 0.4) is 0 Å². The van der Waals surface area contributed by atoms with Gasteiger partial charge in [-0.1, -0.05) is 48.0 Å². The minimum Gasteiger partial charge on any atom is -0.284 e. The van der Waals surface area contributed by atoms with Crippen molar-refractivity contribution in [2.24, 2.45) is 5.10 Å². The molecule has 34 heavy (non-hydrogen) atoms. The van der Waals surface area contributed by atoms with Crippen molar-refractivity contribution in [3.8, 4) is 0 Å². The molecule has 3 aromatic rings. The second-order valence-electron chi connectivity index (χ2n) is 8.00. The lowest BCUT2D eigenvalue weighted by molar-refractivity contribution is 0.371. The van der Waals surface area contributed by atoms with Gasteiger partial charge in [0, 0.05) is 12.1 Å². The Hall–Kier alpha value is -3.24. The van der Waals surface area contributed by atoms with Crippen LogP contribution in [0.25, 0.3) is 0 Å². The van der Waals surface area contributed by atoms with E-state index in [9.17, 15) is 21.2 Å². The van der Waals surface area contributed by atoms with Gasteiger partial charge >= 0.3 is 0 Å². The van der Waals surface area contributed by atoms with Crippen LogP contribution in [0.4, 0.5) is 10.1 Å². The minimum absolute atomic E-state index is 0.0761. The highest BCUT2D eigenvalue weighted by Crippen LogP contribution is 2.37. The van der Waals surface area contributed by atoms with Crippen molar-refractivity contribution in [1.29, 1.82) is 0 Å². The number of hydrogen-bond acceptors (Lipinski definition) is 5. The first-order chi connectivity index (χ1) is 16.1. The maximum Gasteiger partial charge on any atom is 0.279 e. The number of rotatable bonds is 7. The fraction of sp³-hybridized carbons (Fsp3) is 0.208. The summed E-state index contributed by atoms with van der Waals surface area (Å²) >= 11 is 0. The highest BCUT2D eigenvalue weighted by molar-refractivity contribution is 7.92. The Kier molecular flexibility index (Phi) is 6.46. The van der Waals surface area contributed by atoms with Gasteiger partial charge in [0.2, 0.25) is 10.0 Å². The molecule has 0 saturated heterocycles. The number of nitrogens with one attached hydrogen (secondary N) is 1. The van der Waals surface area contributed by atoms with E-state index in [1.807, 2.05) is 31.2 Å². The van der Waals surface area contributed by atoms with Crippen LogP contribution in [0.15, 0.2) is 82.8 Å². The lowest BCUT2D eigenvalue weighted by atomic mass is 9.98. The number of hydrazone groups is 1. The van der Waals surface area contributed by atoms with Crippen LogP contribution in [-0.4, -0.2) is 32.7 Å². The first-order valence-electron chi connectivity index (χ1n) is 10.6. The highest BCUT2D eigenvalue weighted by atomic mass is 32.2. The Bertz CT molecular complexity index is 1450. The van der Waals surface area contributed by atoms with Gasteiger partial charge in [-0.05, 0) is 55.3 Å². The van der Waals surface area contributed by atoms with Crippen LogP contribution in [0.1, 0.15) is 36.1 Å². The monoisotopic (exact) mass is 501 g/mol. The molecule has 4 rings (SSSR count). The molecule has 0 saturated carbocycles. The molecule has 0 bridgehead atoms. The minimum atomic E-state index is -4.16. The molecule has 178 valence electrons. The van der Waals surface area contributed by atoms with Crippen molar-refractivity contribution in [2.75, 3.05) is 10.5 Å². The summed E-state index contributed by atoms with van der Waals surface area (Å²) in [5.74, 6) is -0.736.